The van der Waals surface area contributed by atoms with Gasteiger partial charge in [0, 0.05) is 12.3 Å². The molecule has 0 radical (unpaired) electrons. The van der Waals surface area contributed by atoms with E-state index in [1.54, 1.807) is 24.3 Å². The minimum absolute atomic E-state index is 0.0361. The van der Waals surface area contributed by atoms with E-state index >= 15 is 0 Å². The molecule has 0 aliphatic carbocycles. The van der Waals surface area contributed by atoms with Crippen molar-refractivity contribution in [1.82, 2.24) is 0 Å². The summed E-state index contributed by atoms with van der Waals surface area (Å²) < 4.78 is 17.5. The molecule has 1 aliphatic heterocycles. The highest BCUT2D eigenvalue weighted by atomic mass is 31.2. The zero-order valence-electron chi connectivity index (χ0n) is 11.0. The van der Waals surface area contributed by atoms with E-state index in [0.717, 1.165) is 12.8 Å². The van der Waals surface area contributed by atoms with Crippen LogP contribution in [0.2, 0.25) is 0 Å². The third-order valence-electron chi connectivity index (χ3n) is 3.13. The van der Waals surface area contributed by atoms with Crippen molar-refractivity contribution < 1.29 is 24.1 Å². The van der Waals surface area contributed by atoms with Crippen molar-refractivity contribution >= 4 is 19.2 Å². The van der Waals surface area contributed by atoms with Crippen LogP contribution in [0.1, 0.15) is 18.4 Å². The zero-order chi connectivity index (χ0) is 14.6. The van der Waals surface area contributed by atoms with Crippen LogP contribution in [0.25, 0.3) is 0 Å². The molecule has 0 bridgehead atoms. The summed E-state index contributed by atoms with van der Waals surface area (Å²) in [7, 11) is -3.60. The van der Waals surface area contributed by atoms with Crippen molar-refractivity contribution in [2.24, 2.45) is 0 Å². The molecule has 2 unspecified atom stereocenters. The highest BCUT2D eigenvalue weighted by Gasteiger charge is 2.28. The van der Waals surface area contributed by atoms with Crippen LogP contribution >= 0.6 is 7.52 Å². The first-order chi connectivity index (χ1) is 9.46. The van der Waals surface area contributed by atoms with Gasteiger partial charge in [-0.05, 0) is 24.5 Å². The van der Waals surface area contributed by atoms with E-state index in [2.05, 4.69) is 5.09 Å². The number of hydrogen-bond donors (Lipinski definition) is 3. The quantitative estimate of drug-likeness (QED) is 0.696. The lowest BCUT2D eigenvalue weighted by atomic mass is 10.1. The second kappa shape index (κ2) is 6.39. The standard InChI is InChI=1S/C13H18NO5P/c15-13(16)8-10-4-1-2-6-12(10)14-20(17,18)9-11-5-3-7-19-11/h1-2,4,6,11H,3,5,7-9H2,(H,15,16)(H2,14,17,18). The Balaban J connectivity index is 2.07. The van der Waals surface area contributed by atoms with Gasteiger partial charge in [-0.3, -0.25) is 9.36 Å². The summed E-state index contributed by atoms with van der Waals surface area (Å²) in [5.74, 6) is -0.980. The van der Waals surface area contributed by atoms with E-state index in [0.29, 0.717) is 17.9 Å². The lowest BCUT2D eigenvalue weighted by Crippen LogP contribution is -2.15. The molecule has 0 spiro atoms. The third-order valence-corrected chi connectivity index (χ3v) is 4.62. The molecule has 0 saturated carbocycles. The lowest BCUT2D eigenvalue weighted by molar-refractivity contribution is -0.136. The van der Waals surface area contributed by atoms with Gasteiger partial charge in [0.05, 0.1) is 18.7 Å². The second-order valence-corrected chi connectivity index (χ2v) is 6.85. The maximum atomic E-state index is 12.2. The van der Waals surface area contributed by atoms with Crippen molar-refractivity contribution in [2.75, 3.05) is 17.9 Å². The van der Waals surface area contributed by atoms with Gasteiger partial charge in [0.2, 0.25) is 0 Å². The summed E-state index contributed by atoms with van der Waals surface area (Å²) in [6, 6.07) is 6.63. The fourth-order valence-electron chi connectivity index (χ4n) is 2.24. The summed E-state index contributed by atoms with van der Waals surface area (Å²) in [6.45, 7) is 0.625. The number of aliphatic carboxylic acids is 1. The van der Waals surface area contributed by atoms with E-state index < -0.39 is 13.5 Å². The highest BCUT2D eigenvalue weighted by Crippen LogP contribution is 2.43. The molecule has 1 saturated heterocycles. The average molecular weight is 299 g/mol. The van der Waals surface area contributed by atoms with Crippen LogP contribution in [0.3, 0.4) is 0 Å². The van der Waals surface area contributed by atoms with Gasteiger partial charge >= 0.3 is 5.97 Å². The number of rotatable bonds is 6. The van der Waals surface area contributed by atoms with Crippen LogP contribution in [0.5, 0.6) is 0 Å². The second-order valence-electron chi connectivity index (χ2n) is 4.86. The largest absolute Gasteiger partial charge is 0.481 e. The molecule has 6 nitrogen and oxygen atoms in total. The van der Waals surface area contributed by atoms with E-state index in [1.165, 1.54) is 0 Å². The number of carboxylic acids is 1. The van der Waals surface area contributed by atoms with Crippen LogP contribution < -0.4 is 5.09 Å². The molecule has 1 heterocycles. The SMILES string of the molecule is O=C(O)Cc1ccccc1NP(=O)(O)CC1CCCO1. The van der Waals surface area contributed by atoms with Crippen molar-refractivity contribution in [2.45, 2.75) is 25.4 Å². The summed E-state index contributed by atoms with van der Waals surface area (Å²) in [6.07, 6.45) is 1.32. The molecule has 2 rings (SSSR count). The summed E-state index contributed by atoms with van der Waals surface area (Å²) >= 11 is 0. The molecule has 0 amide bonds. The Morgan fingerprint density at radius 1 is 1.45 bits per heavy atom. The number of benzene rings is 1. The van der Waals surface area contributed by atoms with E-state index in [4.69, 9.17) is 9.84 Å². The summed E-state index contributed by atoms with van der Waals surface area (Å²) in [5.41, 5.74) is 0.875. The van der Waals surface area contributed by atoms with Crippen LogP contribution in [0.4, 0.5) is 5.69 Å². The number of carboxylic acid groups (broad SMARTS) is 1. The van der Waals surface area contributed by atoms with Crippen LogP contribution in [0, 0.1) is 0 Å². The van der Waals surface area contributed by atoms with Gasteiger partial charge in [-0.15, -0.1) is 0 Å². The monoisotopic (exact) mass is 299 g/mol. The molecule has 110 valence electrons. The minimum Gasteiger partial charge on any atom is -0.481 e. The molecule has 1 aliphatic rings. The fraction of sp³-hybridized carbons (Fsp3) is 0.462. The Hall–Kier alpha value is -1.36. The van der Waals surface area contributed by atoms with E-state index in [1.807, 2.05) is 0 Å². The Kier molecular flexibility index (Phi) is 4.81. The van der Waals surface area contributed by atoms with Gasteiger partial charge in [-0.25, -0.2) is 0 Å². The molecule has 2 atom stereocenters. The van der Waals surface area contributed by atoms with Gasteiger partial charge in [-0.2, -0.15) is 0 Å². The number of nitrogens with one attached hydrogen (secondary N) is 1. The zero-order valence-corrected chi connectivity index (χ0v) is 11.9. The first kappa shape index (κ1) is 15.0. The molecule has 1 aromatic carbocycles. The minimum atomic E-state index is -3.60. The van der Waals surface area contributed by atoms with Crippen LogP contribution in [-0.4, -0.2) is 34.8 Å². The van der Waals surface area contributed by atoms with Gasteiger partial charge in [0.25, 0.3) is 7.52 Å². The Labute approximate surface area is 117 Å². The summed E-state index contributed by atoms with van der Waals surface area (Å²) in [5, 5.41) is 11.4. The highest BCUT2D eigenvalue weighted by molar-refractivity contribution is 7.59. The van der Waals surface area contributed by atoms with Gasteiger partial charge in [-0.1, -0.05) is 18.2 Å². The number of para-hydroxylation sites is 1. The molecule has 0 aromatic heterocycles. The number of anilines is 1. The molecule has 1 aromatic rings. The predicted molar refractivity (Wildman–Crippen MR) is 75.1 cm³/mol. The average Bonchev–Trinajstić information content (AvgIpc) is 2.82. The molecule has 20 heavy (non-hydrogen) atoms. The number of hydrogen-bond acceptors (Lipinski definition) is 3. The van der Waals surface area contributed by atoms with Crippen molar-refractivity contribution in [3.05, 3.63) is 29.8 Å². The topological polar surface area (TPSA) is 95.9 Å². The van der Waals surface area contributed by atoms with Crippen molar-refractivity contribution in [3.63, 3.8) is 0 Å². The Morgan fingerprint density at radius 3 is 2.85 bits per heavy atom. The maximum Gasteiger partial charge on any atom is 0.307 e. The molecule has 1 fully saturated rings. The predicted octanol–water partition coefficient (Wildman–Crippen LogP) is 2.09. The fourth-order valence-corrected chi connectivity index (χ4v) is 3.77. The van der Waals surface area contributed by atoms with E-state index in [-0.39, 0.29) is 18.7 Å². The normalized spacial score (nSPS) is 21.4. The maximum absolute atomic E-state index is 12.2. The van der Waals surface area contributed by atoms with Crippen molar-refractivity contribution in [1.29, 1.82) is 0 Å². The van der Waals surface area contributed by atoms with Gasteiger partial charge < -0.3 is 19.8 Å². The summed E-state index contributed by atoms with van der Waals surface area (Å²) in [4.78, 5) is 20.8. The number of ether oxygens (including phenoxy) is 1. The van der Waals surface area contributed by atoms with Crippen LogP contribution in [-0.2, 0) is 20.5 Å². The van der Waals surface area contributed by atoms with Crippen molar-refractivity contribution in [3.8, 4) is 0 Å². The molecular weight excluding hydrogens is 281 g/mol. The number of carbonyl (C=O) groups is 1. The first-order valence-corrected chi connectivity index (χ1v) is 8.32. The Morgan fingerprint density at radius 2 is 2.20 bits per heavy atom. The lowest BCUT2D eigenvalue weighted by Gasteiger charge is -2.19. The Bertz CT molecular complexity index is 527. The smallest absolute Gasteiger partial charge is 0.307 e. The van der Waals surface area contributed by atoms with E-state index in [9.17, 15) is 14.3 Å². The first-order valence-electron chi connectivity index (χ1n) is 6.48. The van der Waals surface area contributed by atoms with Gasteiger partial charge in [0.15, 0.2) is 0 Å². The molecular formula is C13H18NO5P. The molecule has 7 heteroatoms. The molecule has 3 N–H and O–H groups in total. The van der Waals surface area contributed by atoms with Gasteiger partial charge in [0.1, 0.15) is 0 Å². The van der Waals surface area contributed by atoms with Crippen LogP contribution in [0.15, 0.2) is 24.3 Å². The third kappa shape index (κ3) is 4.34.